The van der Waals surface area contributed by atoms with Crippen molar-refractivity contribution in [1.29, 1.82) is 0 Å². The number of nitrogens with zero attached hydrogens (tertiary/aromatic N) is 2. The summed E-state index contributed by atoms with van der Waals surface area (Å²) in [6.45, 7) is 0. The van der Waals surface area contributed by atoms with Gasteiger partial charge in [0.25, 0.3) is 10.0 Å². The van der Waals surface area contributed by atoms with E-state index in [4.69, 9.17) is 9.47 Å². The largest absolute Gasteiger partial charge is 0.497 e. The number of nitrogens with one attached hydrogen (secondary N) is 1. The van der Waals surface area contributed by atoms with Crippen molar-refractivity contribution in [3.8, 4) is 11.5 Å². The summed E-state index contributed by atoms with van der Waals surface area (Å²) >= 11 is 0.921. The summed E-state index contributed by atoms with van der Waals surface area (Å²) in [6.07, 6.45) is 0. The van der Waals surface area contributed by atoms with Gasteiger partial charge in [0.2, 0.25) is 5.91 Å². The maximum absolute atomic E-state index is 13.8. The third-order valence-corrected chi connectivity index (χ3v) is 7.64. The van der Waals surface area contributed by atoms with Crippen LogP contribution in [-0.4, -0.2) is 43.3 Å². The fraction of sp³-hybridized carbons (Fsp3) is 0.130. The van der Waals surface area contributed by atoms with Crippen LogP contribution < -0.4 is 14.8 Å². The number of benzene rings is 3. The number of ether oxygens (including phenoxy) is 2. The number of aromatic nitrogens is 2. The molecule has 8 nitrogen and oxygen atoms in total. The Kier molecular flexibility index (Phi) is 6.75. The molecule has 4 aromatic rings. The molecule has 1 N–H and O–H groups in total. The lowest BCUT2D eigenvalue weighted by Crippen LogP contribution is -2.17. The second kappa shape index (κ2) is 9.74. The van der Waals surface area contributed by atoms with Crippen LogP contribution in [0.5, 0.6) is 11.5 Å². The second-order valence-corrected chi connectivity index (χ2v) is 9.74. The number of hydrogen-bond acceptors (Lipinski definition) is 7. The van der Waals surface area contributed by atoms with Crippen LogP contribution in [0.3, 0.4) is 0 Å². The van der Waals surface area contributed by atoms with Gasteiger partial charge in [0.15, 0.2) is 5.16 Å². The highest BCUT2D eigenvalue weighted by Crippen LogP contribution is 2.31. The van der Waals surface area contributed by atoms with Crippen LogP contribution in [0.2, 0.25) is 0 Å². The number of para-hydroxylation sites is 1. The smallest absolute Gasteiger partial charge is 0.270 e. The number of amides is 1. The van der Waals surface area contributed by atoms with Gasteiger partial charge in [0.1, 0.15) is 17.3 Å². The minimum Gasteiger partial charge on any atom is -0.497 e. The number of carbonyl (C=O) groups is 1. The topological polar surface area (TPSA) is 99.5 Å². The summed E-state index contributed by atoms with van der Waals surface area (Å²) in [7, 11) is -1.12. The summed E-state index contributed by atoms with van der Waals surface area (Å²) in [6, 6.07) is 16.6. The molecule has 0 unspecified atom stereocenters. The zero-order valence-corrected chi connectivity index (χ0v) is 19.8. The summed E-state index contributed by atoms with van der Waals surface area (Å²) in [5, 5.41) is 2.57. The number of carbonyl (C=O) groups excluding carboxylic acids is 1. The third-order valence-electron chi connectivity index (χ3n) is 4.87. The Bertz CT molecular complexity index is 1450. The molecule has 11 heteroatoms. The first-order chi connectivity index (χ1) is 16.3. The molecule has 0 aliphatic carbocycles. The van der Waals surface area contributed by atoms with Crippen LogP contribution in [0.15, 0.2) is 76.8 Å². The van der Waals surface area contributed by atoms with Crippen molar-refractivity contribution in [1.82, 2.24) is 8.96 Å². The molecule has 3 aromatic carbocycles. The van der Waals surface area contributed by atoms with Gasteiger partial charge >= 0.3 is 0 Å². The van der Waals surface area contributed by atoms with Crippen LogP contribution in [-0.2, 0) is 14.8 Å². The van der Waals surface area contributed by atoms with E-state index in [2.05, 4.69) is 10.3 Å². The highest BCUT2D eigenvalue weighted by atomic mass is 32.2. The van der Waals surface area contributed by atoms with Gasteiger partial charge in [0, 0.05) is 6.07 Å². The van der Waals surface area contributed by atoms with Crippen molar-refractivity contribution in [2.45, 2.75) is 10.1 Å². The summed E-state index contributed by atoms with van der Waals surface area (Å²) in [5.74, 6) is -0.300. The first-order valence-electron chi connectivity index (χ1n) is 9.97. The van der Waals surface area contributed by atoms with Crippen molar-refractivity contribution in [2.75, 3.05) is 25.3 Å². The van der Waals surface area contributed by atoms with E-state index in [1.54, 1.807) is 36.4 Å². The first-order valence-corrected chi connectivity index (χ1v) is 12.4. The third kappa shape index (κ3) is 4.70. The molecular weight excluding hydrogens is 481 g/mol. The van der Waals surface area contributed by atoms with Gasteiger partial charge in [-0.2, -0.15) is 0 Å². The molecule has 0 bridgehead atoms. The number of fused-ring (bicyclic) bond motifs is 1. The molecule has 34 heavy (non-hydrogen) atoms. The molecular formula is C23H20FN3O5S2. The lowest BCUT2D eigenvalue weighted by atomic mass is 10.3. The maximum atomic E-state index is 13.8. The van der Waals surface area contributed by atoms with E-state index in [1.165, 1.54) is 44.6 Å². The molecule has 4 rings (SSSR count). The number of imidazole rings is 1. The van der Waals surface area contributed by atoms with Crippen LogP contribution in [0.1, 0.15) is 0 Å². The molecule has 0 saturated carbocycles. The van der Waals surface area contributed by atoms with E-state index < -0.39 is 21.7 Å². The predicted octanol–water partition coefficient (Wildman–Crippen LogP) is 4.16. The fourth-order valence-corrected chi connectivity index (χ4v) is 5.70. The van der Waals surface area contributed by atoms with E-state index in [1.807, 2.05) is 0 Å². The molecule has 0 aliphatic rings. The van der Waals surface area contributed by atoms with E-state index in [-0.39, 0.29) is 21.5 Å². The SMILES string of the molecule is COc1ccc(S(=O)(=O)n2c(SCC(=O)Nc3ccccc3F)nc3ccc(OC)cc32)cc1. The number of rotatable bonds is 8. The second-order valence-electron chi connectivity index (χ2n) is 7.01. The zero-order chi connectivity index (χ0) is 24.3. The number of methoxy groups -OCH3 is 2. The first kappa shape index (κ1) is 23.6. The Balaban J connectivity index is 1.71. The quantitative estimate of drug-likeness (QED) is 0.362. The van der Waals surface area contributed by atoms with Gasteiger partial charge in [-0.05, 0) is 48.5 Å². The van der Waals surface area contributed by atoms with Crippen LogP contribution in [0.4, 0.5) is 10.1 Å². The highest BCUT2D eigenvalue weighted by molar-refractivity contribution is 8.00. The predicted molar refractivity (Wildman–Crippen MR) is 128 cm³/mol. The maximum Gasteiger partial charge on any atom is 0.270 e. The van der Waals surface area contributed by atoms with Gasteiger partial charge in [-0.3, -0.25) is 4.79 Å². The number of thioether (sulfide) groups is 1. The van der Waals surface area contributed by atoms with Gasteiger partial charge in [-0.1, -0.05) is 23.9 Å². The fourth-order valence-electron chi connectivity index (χ4n) is 3.19. The lowest BCUT2D eigenvalue weighted by Gasteiger charge is -2.11. The van der Waals surface area contributed by atoms with Crippen LogP contribution in [0, 0.1) is 5.82 Å². The molecule has 0 atom stereocenters. The number of anilines is 1. The van der Waals surface area contributed by atoms with Crippen molar-refractivity contribution in [2.24, 2.45) is 0 Å². The van der Waals surface area contributed by atoms with E-state index >= 15 is 0 Å². The van der Waals surface area contributed by atoms with Crippen molar-refractivity contribution < 1.29 is 27.1 Å². The molecule has 0 aliphatic heterocycles. The molecule has 0 radical (unpaired) electrons. The normalized spacial score (nSPS) is 11.4. The molecule has 1 amide bonds. The van der Waals surface area contributed by atoms with E-state index in [0.29, 0.717) is 22.5 Å². The molecule has 1 aromatic heterocycles. The number of hydrogen-bond donors (Lipinski definition) is 1. The van der Waals surface area contributed by atoms with Gasteiger partial charge in [0.05, 0.1) is 41.6 Å². The van der Waals surface area contributed by atoms with Crippen molar-refractivity contribution >= 4 is 44.4 Å². The van der Waals surface area contributed by atoms with Gasteiger partial charge in [-0.15, -0.1) is 0 Å². The molecule has 176 valence electrons. The minimum absolute atomic E-state index is 0.0214. The minimum atomic E-state index is -4.09. The van der Waals surface area contributed by atoms with Crippen molar-refractivity contribution in [3.05, 3.63) is 72.5 Å². The summed E-state index contributed by atoms with van der Waals surface area (Å²) < 4.78 is 52.5. The molecule has 0 spiro atoms. The Hall–Kier alpha value is -3.57. The van der Waals surface area contributed by atoms with Crippen LogP contribution in [0.25, 0.3) is 11.0 Å². The Morgan fingerprint density at radius 1 is 1.03 bits per heavy atom. The number of halogens is 1. The van der Waals surface area contributed by atoms with E-state index in [0.717, 1.165) is 15.7 Å². The average molecular weight is 502 g/mol. The monoisotopic (exact) mass is 501 g/mol. The van der Waals surface area contributed by atoms with Gasteiger partial charge < -0.3 is 14.8 Å². The zero-order valence-electron chi connectivity index (χ0n) is 18.2. The summed E-state index contributed by atoms with van der Waals surface area (Å²) in [5.41, 5.74) is 0.749. The van der Waals surface area contributed by atoms with Crippen molar-refractivity contribution in [3.63, 3.8) is 0 Å². The highest BCUT2D eigenvalue weighted by Gasteiger charge is 2.26. The summed E-state index contributed by atoms with van der Waals surface area (Å²) in [4.78, 5) is 16.9. The molecule has 1 heterocycles. The lowest BCUT2D eigenvalue weighted by molar-refractivity contribution is -0.113. The molecule has 0 fully saturated rings. The Labute approximate surface area is 199 Å². The molecule has 0 saturated heterocycles. The average Bonchev–Trinajstić information content (AvgIpc) is 3.22. The van der Waals surface area contributed by atoms with E-state index in [9.17, 15) is 17.6 Å². The standard InChI is InChI=1S/C23H20FN3O5S2/c1-31-15-7-10-17(11-8-15)34(29,30)27-21-13-16(32-2)9-12-20(21)26-23(27)33-14-22(28)25-19-6-4-3-5-18(19)24/h3-13H,14H2,1-2H3,(H,25,28). The Morgan fingerprint density at radius 3 is 2.38 bits per heavy atom. The van der Waals surface area contributed by atoms with Gasteiger partial charge in [-0.25, -0.2) is 21.8 Å². The van der Waals surface area contributed by atoms with Crippen LogP contribution >= 0.6 is 11.8 Å². The Morgan fingerprint density at radius 2 is 1.71 bits per heavy atom.